The van der Waals surface area contributed by atoms with E-state index in [2.05, 4.69) is 0 Å². The SMILES string of the molecule is CC(CO)C1(O)CN(C(=O)OC(C)(C)C)C1. The summed E-state index contributed by atoms with van der Waals surface area (Å²) in [5, 5.41) is 18.9. The number of ether oxygens (including phenoxy) is 1. The van der Waals surface area contributed by atoms with Crippen LogP contribution in [0, 0.1) is 5.92 Å². The monoisotopic (exact) mass is 231 g/mol. The van der Waals surface area contributed by atoms with Gasteiger partial charge in [-0.3, -0.25) is 0 Å². The summed E-state index contributed by atoms with van der Waals surface area (Å²) in [5.74, 6) is -0.230. The lowest BCUT2D eigenvalue weighted by molar-refractivity contribution is -0.136. The summed E-state index contributed by atoms with van der Waals surface area (Å²) in [6.45, 7) is 7.52. The van der Waals surface area contributed by atoms with Gasteiger partial charge in [0.1, 0.15) is 11.2 Å². The van der Waals surface area contributed by atoms with E-state index < -0.39 is 17.3 Å². The average molecular weight is 231 g/mol. The fraction of sp³-hybridized carbons (Fsp3) is 0.909. The molecule has 2 N–H and O–H groups in total. The molecule has 5 nitrogen and oxygen atoms in total. The number of aliphatic hydroxyl groups excluding tert-OH is 1. The van der Waals surface area contributed by atoms with Crippen molar-refractivity contribution in [1.82, 2.24) is 4.90 Å². The zero-order valence-electron chi connectivity index (χ0n) is 10.4. The van der Waals surface area contributed by atoms with Crippen molar-refractivity contribution in [1.29, 1.82) is 0 Å². The van der Waals surface area contributed by atoms with Crippen molar-refractivity contribution in [2.24, 2.45) is 5.92 Å². The van der Waals surface area contributed by atoms with E-state index in [1.807, 2.05) is 0 Å². The van der Waals surface area contributed by atoms with Gasteiger partial charge in [0.2, 0.25) is 0 Å². The molecule has 0 spiro atoms. The highest BCUT2D eigenvalue weighted by Crippen LogP contribution is 2.29. The first kappa shape index (κ1) is 13.3. The molecule has 1 heterocycles. The number of β-amino-alcohol motifs (C(OH)–C–C–N with tert-alkyl or cyclic N) is 1. The molecule has 1 aliphatic heterocycles. The van der Waals surface area contributed by atoms with E-state index in [1.54, 1.807) is 27.7 Å². The molecule has 1 fully saturated rings. The molecular formula is C11H21NO4. The molecule has 0 aromatic rings. The quantitative estimate of drug-likeness (QED) is 0.730. The maximum atomic E-state index is 11.6. The standard InChI is InChI=1S/C11H21NO4/c1-8(5-13)11(15)6-12(7-11)9(14)16-10(2,3)4/h8,13,15H,5-7H2,1-4H3. The number of amides is 1. The van der Waals surface area contributed by atoms with Crippen LogP contribution in [0.25, 0.3) is 0 Å². The van der Waals surface area contributed by atoms with Crippen molar-refractivity contribution < 1.29 is 19.7 Å². The first-order valence-corrected chi connectivity index (χ1v) is 5.49. The fourth-order valence-electron chi connectivity index (χ4n) is 1.55. The van der Waals surface area contributed by atoms with Crippen molar-refractivity contribution in [2.45, 2.75) is 38.9 Å². The third kappa shape index (κ3) is 2.86. The van der Waals surface area contributed by atoms with Gasteiger partial charge in [-0.2, -0.15) is 0 Å². The Hall–Kier alpha value is -0.810. The lowest BCUT2D eigenvalue weighted by Crippen LogP contribution is -2.67. The number of aliphatic hydroxyl groups is 2. The van der Waals surface area contributed by atoms with Gasteiger partial charge in [-0.05, 0) is 20.8 Å². The van der Waals surface area contributed by atoms with Gasteiger partial charge in [-0.15, -0.1) is 0 Å². The zero-order chi connectivity index (χ0) is 12.6. The largest absolute Gasteiger partial charge is 0.444 e. The summed E-state index contributed by atoms with van der Waals surface area (Å²) < 4.78 is 5.16. The number of hydrogen-bond acceptors (Lipinski definition) is 4. The summed E-state index contributed by atoms with van der Waals surface area (Å²) >= 11 is 0. The molecule has 1 aliphatic rings. The summed E-state index contributed by atoms with van der Waals surface area (Å²) in [6, 6.07) is 0. The average Bonchev–Trinajstić information content (AvgIpc) is 2.08. The minimum absolute atomic E-state index is 0.0847. The molecule has 0 bridgehead atoms. The Balaban J connectivity index is 2.44. The number of hydrogen-bond donors (Lipinski definition) is 2. The summed E-state index contributed by atoms with van der Waals surface area (Å²) in [7, 11) is 0. The van der Waals surface area contributed by atoms with Crippen LogP contribution < -0.4 is 0 Å². The van der Waals surface area contributed by atoms with E-state index in [4.69, 9.17) is 9.84 Å². The molecule has 94 valence electrons. The van der Waals surface area contributed by atoms with Gasteiger partial charge in [0.25, 0.3) is 0 Å². The molecule has 16 heavy (non-hydrogen) atoms. The number of likely N-dealkylation sites (tertiary alicyclic amines) is 1. The van der Waals surface area contributed by atoms with Crippen LogP contribution in [0.1, 0.15) is 27.7 Å². The van der Waals surface area contributed by atoms with E-state index in [9.17, 15) is 9.90 Å². The Labute approximate surface area is 96.0 Å². The van der Waals surface area contributed by atoms with E-state index in [0.717, 1.165) is 0 Å². The highest BCUT2D eigenvalue weighted by molar-refractivity contribution is 5.69. The molecule has 1 saturated heterocycles. The Morgan fingerprint density at radius 3 is 2.38 bits per heavy atom. The first-order chi connectivity index (χ1) is 7.18. The van der Waals surface area contributed by atoms with Crippen molar-refractivity contribution in [3.8, 4) is 0 Å². The van der Waals surface area contributed by atoms with Crippen LogP contribution in [-0.2, 0) is 4.74 Å². The summed E-state index contributed by atoms with van der Waals surface area (Å²) in [4.78, 5) is 13.0. The molecule has 0 aromatic heterocycles. The molecular weight excluding hydrogens is 210 g/mol. The predicted octanol–water partition coefficient (Wildman–Crippen LogP) is 0.597. The zero-order valence-corrected chi connectivity index (χ0v) is 10.4. The molecule has 1 atom stereocenters. The van der Waals surface area contributed by atoms with Gasteiger partial charge < -0.3 is 19.8 Å². The molecule has 0 aromatic carbocycles. The Morgan fingerprint density at radius 1 is 1.50 bits per heavy atom. The topological polar surface area (TPSA) is 70.0 Å². The molecule has 1 amide bonds. The predicted molar refractivity (Wildman–Crippen MR) is 59.0 cm³/mol. The second-order valence-corrected chi connectivity index (χ2v) is 5.52. The van der Waals surface area contributed by atoms with Gasteiger partial charge >= 0.3 is 6.09 Å². The van der Waals surface area contributed by atoms with Crippen molar-refractivity contribution in [3.63, 3.8) is 0 Å². The van der Waals surface area contributed by atoms with Crippen LogP contribution in [0.15, 0.2) is 0 Å². The second kappa shape index (κ2) is 4.22. The fourth-order valence-corrected chi connectivity index (χ4v) is 1.55. The van der Waals surface area contributed by atoms with Crippen LogP contribution in [0.4, 0.5) is 4.79 Å². The van der Waals surface area contributed by atoms with Crippen LogP contribution in [0.2, 0.25) is 0 Å². The molecule has 5 heteroatoms. The van der Waals surface area contributed by atoms with Crippen molar-refractivity contribution >= 4 is 6.09 Å². The molecule has 1 rings (SSSR count). The van der Waals surface area contributed by atoms with Gasteiger partial charge in [-0.1, -0.05) is 6.92 Å². The van der Waals surface area contributed by atoms with Crippen molar-refractivity contribution in [3.05, 3.63) is 0 Å². The van der Waals surface area contributed by atoms with E-state index >= 15 is 0 Å². The molecule has 0 saturated carbocycles. The van der Waals surface area contributed by atoms with E-state index in [0.29, 0.717) is 0 Å². The van der Waals surface area contributed by atoms with E-state index in [1.165, 1.54) is 4.90 Å². The van der Waals surface area contributed by atoms with Crippen LogP contribution in [-0.4, -0.2) is 52.1 Å². The van der Waals surface area contributed by atoms with E-state index in [-0.39, 0.29) is 25.6 Å². The van der Waals surface area contributed by atoms with Crippen LogP contribution in [0.5, 0.6) is 0 Å². The lowest BCUT2D eigenvalue weighted by atomic mass is 9.82. The molecule has 0 aliphatic carbocycles. The normalized spacial score (nSPS) is 21.2. The highest BCUT2D eigenvalue weighted by atomic mass is 16.6. The van der Waals surface area contributed by atoms with Gasteiger partial charge in [0.05, 0.1) is 13.1 Å². The molecule has 1 unspecified atom stereocenters. The number of rotatable bonds is 2. The number of carbonyl (C=O) groups is 1. The summed E-state index contributed by atoms with van der Waals surface area (Å²) in [6.07, 6.45) is -0.415. The van der Waals surface area contributed by atoms with Crippen molar-refractivity contribution in [2.75, 3.05) is 19.7 Å². The first-order valence-electron chi connectivity index (χ1n) is 5.49. The number of nitrogens with zero attached hydrogens (tertiary/aromatic N) is 1. The maximum absolute atomic E-state index is 11.6. The molecule has 0 radical (unpaired) electrons. The van der Waals surface area contributed by atoms with Crippen LogP contribution >= 0.6 is 0 Å². The lowest BCUT2D eigenvalue weighted by Gasteiger charge is -2.49. The van der Waals surface area contributed by atoms with Gasteiger partial charge in [0, 0.05) is 12.5 Å². The third-order valence-corrected chi connectivity index (χ3v) is 2.77. The maximum Gasteiger partial charge on any atom is 0.410 e. The summed E-state index contributed by atoms with van der Waals surface area (Å²) in [5.41, 5.74) is -1.49. The minimum Gasteiger partial charge on any atom is -0.444 e. The van der Waals surface area contributed by atoms with Gasteiger partial charge in [0.15, 0.2) is 0 Å². The Bertz CT molecular complexity index is 266. The smallest absolute Gasteiger partial charge is 0.410 e. The minimum atomic E-state index is -0.967. The Kier molecular flexibility index (Phi) is 3.50. The highest BCUT2D eigenvalue weighted by Gasteiger charge is 2.48. The third-order valence-electron chi connectivity index (χ3n) is 2.77. The number of carbonyl (C=O) groups excluding carboxylic acids is 1. The van der Waals surface area contributed by atoms with Gasteiger partial charge in [-0.25, -0.2) is 4.79 Å². The Morgan fingerprint density at radius 2 is 2.00 bits per heavy atom. The van der Waals surface area contributed by atoms with Crippen LogP contribution in [0.3, 0.4) is 0 Å². The second-order valence-electron chi connectivity index (χ2n) is 5.52.